The van der Waals surface area contributed by atoms with Crippen LogP contribution in [-0.4, -0.2) is 31.6 Å². The van der Waals surface area contributed by atoms with Crippen molar-refractivity contribution in [3.8, 4) is 5.75 Å². The van der Waals surface area contributed by atoms with E-state index in [-0.39, 0.29) is 30.4 Å². The molecule has 0 aliphatic carbocycles. The number of rotatable bonds is 3. The quantitative estimate of drug-likeness (QED) is 0.878. The van der Waals surface area contributed by atoms with Crippen LogP contribution in [0.25, 0.3) is 0 Å². The van der Waals surface area contributed by atoms with Gasteiger partial charge in [0.15, 0.2) is 6.61 Å². The van der Waals surface area contributed by atoms with Crippen LogP contribution >= 0.6 is 0 Å². The molecule has 1 aromatic carbocycles. The van der Waals surface area contributed by atoms with E-state index >= 15 is 0 Å². The van der Waals surface area contributed by atoms with Gasteiger partial charge in [-0.05, 0) is 31.0 Å². The zero-order chi connectivity index (χ0) is 14.8. The molecule has 2 amide bonds. The van der Waals surface area contributed by atoms with Gasteiger partial charge >= 0.3 is 0 Å². The molecule has 0 radical (unpaired) electrons. The Morgan fingerprint density at radius 2 is 2.33 bits per heavy atom. The molecule has 6 nitrogen and oxygen atoms in total. The van der Waals surface area contributed by atoms with E-state index in [9.17, 15) is 9.59 Å². The molecule has 2 heterocycles. The molecule has 0 saturated carbocycles. The number of amides is 2. The first-order valence-electron chi connectivity index (χ1n) is 7.08. The second kappa shape index (κ2) is 5.73. The molecule has 2 aliphatic rings. The highest BCUT2D eigenvalue weighted by molar-refractivity contribution is 5.95. The molecular weight excluding hydrogens is 272 g/mol. The maximum absolute atomic E-state index is 12.1. The highest BCUT2D eigenvalue weighted by Gasteiger charge is 2.25. The minimum atomic E-state index is -0.167. The van der Waals surface area contributed by atoms with Crippen LogP contribution in [0.3, 0.4) is 0 Å². The van der Waals surface area contributed by atoms with Crippen molar-refractivity contribution in [2.24, 2.45) is 5.92 Å². The fourth-order valence-corrected chi connectivity index (χ4v) is 2.53. The van der Waals surface area contributed by atoms with Crippen LogP contribution in [0.1, 0.15) is 24.9 Å². The van der Waals surface area contributed by atoms with E-state index in [2.05, 4.69) is 10.6 Å². The molecule has 2 unspecified atom stereocenters. The first-order valence-corrected chi connectivity index (χ1v) is 7.08. The van der Waals surface area contributed by atoms with E-state index in [1.54, 1.807) is 0 Å². The number of hydrogen-bond acceptors (Lipinski definition) is 4. The van der Waals surface area contributed by atoms with E-state index in [4.69, 9.17) is 9.47 Å². The van der Waals surface area contributed by atoms with Gasteiger partial charge in [0, 0.05) is 6.61 Å². The largest absolute Gasteiger partial charge is 0.482 e. The van der Waals surface area contributed by atoms with Crippen molar-refractivity contribution in [1.82, 2.24) is 5.32 Å². The molecule has 21 heavy (non-hydrogen) atoms. The summed E-state index contributed by atoms with van der Waals surface area (Å²) in [4.78, 5) is 23.4. The first-order chi connectivity index (χ1) is 10.1. The van der Waals surface area contributed by atoms with Gasteiger partial charge in [-0.25, -0.2) is 0 Å². The summed E-state index contributed by atoms with van der Waals surface area (Å²) in [5.74, 6) is 0.437. The first kappa shape index (κ1) is 13.9. The molecule has 6 heteroatoms. The van der Waals surface area contributed by atoms with Crippen molar-refractivity contribution in [2.75, 3.05) is 25.1 Å². The summed E-state index contributed by atoms with van der Waals surface area (Å²) in [6.07, 6.45) is 0.770. The van der Waals surface area contributed by atoms with Crippen molar-refractivity contribution in [3.05, 3.63) is 23.8 Å². The third-order valence-electron chi connectivity index (χ3n) is 3.80. The molecule has 2 aliphatic heterocycles. The number of anilines is 1. The average Bonchev–Trinajstić information content (AvgIpc) is 3.00. The molecule has 1 fully saturated rings. The molecule has 2 N–H and O–H groups in total. The average molecular weight is 290 g/mol. The summed E-state index contributed by atoms with van der Waals surface area (Å²) in [7, 11) is 0. The lowest BCUT2D eigenvalue weighted by Gasteiger charge is -2.21. The minimum Gasteiger partial charge on any atom is -0.482 e. The van der Waals surface area contributed by atoms with Crippen molar-refractivity contribution < 1.29 is 19.1 Å². The summed E-state index contributed by atoms with van der Waals surface area (Å²) in [6, 6.07) is 5.41. The summed E-state index contributed by atoms with van der Waals surface area (Å²) in [5.41, 5.74) is 1.57. The number of fused-ring (bicyclic) bond motifs is 1. The maximum atomic E-state index is 12.1. The van der Waals surface area contributed by atoms with Gasteiger partial charge in [-0.3, -0.25) is 9.59 Å². The van der Waals surface area contributed by atoms with E-state index in [0.29, 0.717) is 24.7 Å². The van der Waals surface area contributed by atoms with Gasteiger partial charge in [0.2, 0.25) is 5.91 Å². The number of nitrogens with one attached hydrogen (secondary N) is 2. The maximum Gasteiger partial charge on any atom is 0.262 e. The number of hydrogen-bond donors (Lipinski definition) is 2. The number of carbonyl (C=O) groups is 2. The molecule has 112 valence electrons. The molecule has 0 spiro atoms. The van der Waals surface area contributed by atoms with Crippen LogP contribution in [-0.2, 0) is 14.3 Å². The smallest absolute Gasteiger partial charge is 0.262 e. The molecule has 0 aromatic heterocycles. The van der Waals surface area contributed by atoms with Gasteiger partial charge < -0.3 is 20.1 Å². The van der Waals surface area contributed by atoms with Gasteiger partial charge in [0.1, 0.15) is 5.75 Å². The van der Waals surface area contributed by atoms with Gasteiger partial charge in [0.25, 0.3) is 5.91 Å². The second-order valence-electron chi connectivity index (χ2n) is 5.38. The lowest BCUT2D eigenvalue weighted by molar-refractivity contribution is -0.125. The summed E-state index contributed by atoms with van der Waals surface area (Å²) in [6.45, 7) is 3.10. The fourth-order valence-electron chi connectivity index (χ4n) is 2.53. The Hall–Kier alpha value is -2.08. The molecule has 2 atom stereocenters. The highest BCUT2D eigenvalue weighted by atomic mass is 16.5. The Kier molecular flexibility index (Phi) is 3.79. The SMILES string of the molecule is CC(NC(=O)C1CCOC1)c1ccc2c(c1)NC(=O)CO2. The fraction of sp³-hybridized carbons (Fsp3) is 0.467. The zero-order valence-electron chi connectivity index (χ0n) is 11.8. The lowest BCUT2D eigenvalue weighted by atomic mass is 10.0. The van der Waals surface area contributed by atoms with E-state index in [0.717, 1.165) is 12.0 Å². The Morgan fingerprint density at radius 1 is 1.48 bits per heavy atom. The van der Waals surface area contributed by atoms with Crippen molar-refractivity contribution >= 4 is 17.5 Å². The van der Waals surface area contributed by atoms with Crippen molar-refractivity contribution in [1.29, 1.82) is 0 Å². The third-order valence-corrected chi connectivity index (χ3v) is 3.80. The third kappa shape index (κ3) is 3.00. The van der Waals surface area contributed by atoms with Crippen LogP contribution in [0.5, 0.6) is 5.75 Å². The monoisotopic (exact) mass is 290 g/mol. The number of ether oxygens (including phenoxy) is 2. The van der Waals surface area contributed by atoms with Crippen molar-refractivity contribution in [3.63, 3.8) is 0 Å². The van der Waals surface area contributed by atoms with Crippen LogP contribution in [0, 0.1) is 5.92 Å². The Morgan fingerprint density at radius 3 is 3.10 bits per heavy atom. The van der Waals surface area contributed by atoms with Gasteiger partial charge in [-0.1, -0.05) is 6.07 Å². The summed E-state index contributed by atoms with van der Waals surface area (Å²) < 4.78 is 10.5. The van der Waals surface area contributed by atoms with Crippen LogP contribution < -0.4 is 15.4 Å². The Balaban J connectivity index is 1.69. The number of benzene rings is 1. The molecule has 0 bridgehead atoms. The van der Waals surface area contributed by atoms with Crippen LogP contribution in [0.15, 0.2) is 18.2 Å². The van der Waals surface area contributed by atoms with Gasteiger partial charge in [0.05, 0.1) is 24.3 Å². The van der Waals surface area contributed by atoms with E-state index in [1.165, 1.54) is 0 Å². The van der Waals surface area contributed by atoms with E-state index < -0.39 is 0 Å². The van der Waals surface area contributed by atoms with Crippen LogP contribution in [0.2, 0.25) is 0 Å². The molecular formula is C15H18N2O4. The standard InChI is InChI=1S/C15H18N2O4/c1-9(16-15(19)11-4-5-20-7-11)10-2-3-13-12(6-10)17-14(18)8-21-13/h2-3,6,9,11H,4-5,7-8H2,1H3,(H,16,19)(H,17,18). The summed E-state index contributed by atoms with van der Waals surface area (Å²) >= 11 is 0. The van der Waals surface area contributed by atoms with Crippen LogP contribution in [0.4, 0.5) is 5.69 Å². The Labute approximate surface area is 122 Å². The topological polar surface area (TPSA) is 76.7 Å². The lowest BCUT2D eigenvalue weighted by Crippen LogP contribution is -2.33. The summed E-state index contributed by atoms with van der Waals surface area (Å²) in [5, 5.41) is 5.75. The van der Waals surface area contributed by atoms with Gasteiger partial charge in [-0.2, -0.15) is 0 Å². The van der Waals surface area contributed by atoms with Gasteiger partial charge in [-0.15, -0.1) is 0 Å². The second-order valence-corrected chi connectivity index (χ2v) is 5.38. The molecule has 1 aromatic rings. The molecule has 1 saturated heterocycles. The Bertz CT molecular complexity index is 567. The minimum absolute atomic E-state index is 0.0120. The predicted octanol–water partition coefficient (Wildman–Crippen LogP) is 1.23. The normalized spacial score (nSPS) is 22.0. The number of carbonyl (C=O) groups excluding carboxylic acids is 2. The zero-order valence-corrected chi connectivity index (χ0v) is 11.8. The van der Waals surface area contributed by atoms with E-state index in [1.807, 2.05) is 25.1 Å². The van der Waals surface area contributed by atoms with Crippen molar-refractivity contribution in [2.45, 2.75) is 19.4 Å². The predicted molar refractivity (Wildman–Crippen MR) is 76.1 cm³/mol. The molecule has 3 rings (SSSR count). The highest BCUT2D eigenvalue weighted by Crippen LogP contribution is 2.30.